The summed E-state index contributed by atoms with van der Waals surface area (Å²) in [4.78, 5) is 38.0. The Bertz CT molecular complexity index is 964. The highest BCUT2D eigenvalue weighted by atomic mass is 16.6. The summed E-state index contributed by atoms with van der Waals surface area (Å²) in [5, 5.41) is 0. The molecular formula is C57H110O6. The minimum Gasteiger partial charge on any atom is -0.462 e. The fourth-order valence-corrected chi connectivity index (χ4v) is 8.66. The number of carbonyl (C=O) groups is 3. The quantitative estimate of drug-likeness (QED) is 0.0344. The molecule has 0 aliphatic heterocycles. The van der Waals surface area contributed by atoms with Crippen LogP contribution in [0.5, 0.6) is 0 Å². The molecule has 0 saturated carbocycles. The molecule has 63 heavy (non-hydrogen) atoms. The van der Waals surface area contributed by atoms with Crippen LogP contribution in [0.15, 0.2) is 0 Å². The van der Waals surface area contributed by atoms with E-state index in [1.165, 1.54) is 205 Å². The van der Waals surface area contributed by atoms with Gasteiger partial charge in [0.15, 0.2) is 6.10 Å². The predicted molar refractivity (Wildman–Crippen MR) is 270 cm³/mol. The van der Waals surface area contributed by atoms with Gasteiger partial charge in [0.1, 0.15) is 13.2 Å². The Labute approximate surface area is 393 Å². The smallest absolute Gasteiger partial charge is 0.306 e. The van der Waals surface area contributed by atoms with Gasteiger partial charge in [-0.05, 0) is 31.1 Å². The zero-order chi connectivity index (χ0) is 46.1. The summed E-state index contributed by atoms with van der Waals surface area (Å²) in [6.45, 7) is 11.4. The molecule has 0 aliphatic rings. The summed E-state index contributed by atoms with van der Waals surface area (Å²) < 4.78 is 16.9. The first-order valence-electron chi connectivity index (χ1n) is 28.3. The van der Waals surface area contributed by atoms with Gasteiger partial charge in [-0.1, -0.05) is 279 Å². The molecule has 1 unspecified atom stereocenters. The number of unbranched alkanes of at least 4 members (excludes halogenated alkanes) is 35. The zero-order valence-electron chi connectivity index (χ0n) is 43.2. The summed E-state index contributed by atoms with van der Waals surface area (Å²) >= 11 is 0. The van der Waals surface area contributed by atoms with Crippen molar-refractivity contribution in [3.8, 4) is 0 Å². The van der Waals surface area contributed by atoms with Crippen molar-refractivity contribution < 1.29 is 28.6 Å². The Balaban J connectivity index is 4.24. The van der Waals surface area contributed by atoms with E-state index in [4.69, 9.17) is 14.2 Å². The van der Waals surface area contributed by atoms with Crippen molar-refractivity contribution >= 4 is 17.9 Å². The first kappa shape index (κ1) is 61.4. The van der Waals surface area contributed by atoms with Crippen molar-refractivity contribution in [2.24, 2.45) is 11.8 Å². The molecule has 0 aromatic rings. The van der Waals surface area contributed by atoms with Crippen LogP contribution in [-0.2, 0) is 28.6 Å². The molecule has 0 rings (SSSR count). The van der Waals surface area contributed by atoms with E-state index in [9.17, 15) is 14.4 Å². The molecule has 6 heteroatoms. The van der Waals surface area contributed by atoms with Crippen LogP contribution in [0, 0.1) is 11.8 Å². The Kier molecular flexibility index (Phi) is 48.6. The van der Waals surface area contributed by atoms with Crippen LogP contribution in [-0.4, -0.2) is 37.2 Å². The molecule has 0 heterocycles. The first-order valence-corrected chi connectivity index (χ1v) is 28.3. The Hall–Kier alpha value is -1.59. The third-order valence-electron chi connectivity index (χ3n) is 13.3. The molecule has 0 aromatic heterocycles. The van der Waals surface area contributed by atoms with Crippen LogP contribution in [0.3, 0.4) is 0 Å². The summed E-state index contributed by atoms with van der Waals surface area (Å²) in [7, 11) is 0. The second kappa shape index (κ2) is 49.8. The highest BCUT2D eigenvalue weighted by Crippen LogP contribution is 2.18. The Morgan fingerprint density at radius 1 is 0.333 bits per heavy atom. The molecule has 0 N–H and O–H groups in total. The number of hydrogen-bond donors (Lipinski definition) is 0. The molecule has 2 atom stereocenters. The number of ether oxygens (including phenoxy) is 3. The molecule has 0 aliphatic carbocycles. The minimum absolute atomic E-state index is 0.0633. The Morgan fingerprint density at radius 2 is 0.603 bits per heavy atom. The SMILES string of the molecule is CCCCCCCCCCCCCCC(=O)OC[C@@H](COC(=O)CCCCCCCCCCC(C)CC)OC(=O)CCCCCCCCCCCCCCCCCCCCC(C)C. The highest BCUT2D eigenvalue weighted by Gasteiger charge is 2.19. The van der Waals surface area contributed by atoms with E-state index in [0.717, 1.165) is 69.6 Å². The number of carbonyl (C=O) groups excluding carboxylic acids is 3. The van der Waals surface area contributed by atoms with Crippen LogP contribution in [0.2, 0.25) is 0 Å². The standard InChI is InChI=1S/C57H110O6/c1-6-8-9-10-11-12-13-23-26-32-37-42-47-55(58)61-50-54(51-62-56(59)48-43-38-33-29-28-31-36-41-46-53(5)7-2)63-57(60)49-44-39-34-27-24-21-19-17-15-14-16-18-20-22-25-30-35-40-45-52(3)4/h52-54H,6-51H2,1-5H3/t53?,54-/m0/s1. The van der Waals surface area contributed by atoms with E-state index >= 15 is 0 Å². The van der Waals surface area contributed by atoms with Crippen LogP contribution in [0.4, 0.5) is 0 Å². The molecular weight excluding hydrogens is 781 g/mol. The van der Waals surface area contributed by atoms with Crippen LogP contribution < -0.4 is 0 Å². The van der Waals surface area contributed by atoms with Gasteiger partial charge < -0.3 is 14.2 Å². The van der Waals surface area contributed by atoms with Gasteiger partial charge in [-0.25, -0.2) is 0 Å². The van der Waals surface area contributed by atoms with Crippen LogP contribution in [0.25, 0.3) is 0 Å². The number of hydrogen-bond acceptors (Lipinski definition) is 6. The lowest BCUT2D eigenvalue weighted by Crippen LogP contribution is -2.30. The second-order valence-corrected chi connectivity index (χ2v) is 20.3. The molecule has 0 fully saturated rings. The molecule has 0 spiro atoms. The molecule has 0 bridgehead atoms. The number of esters is 3. The van der Waals surface area contributed by atoms with Gasteiger partial charge in [-0.15, -0.1) is 0 Å². The molecule has 0 saturated heterocycles. The van der Waals surface area contributed by atoms with Gasteiger partial charge in [0.25, 0.3) is 0 Å². The van der Waals surface area contributed by atoms with Crippen molar-refractivity contribution in [1.29, 1.82) is 0 Å². The van der Waals surface area contributed by atoms with Crippen LogP contribution in [0.1, 0.15) is 317 Å². The van der Waals surface area contributed by atoms with Gasteiger partial charge in [0.2, 0.25) is 0 Å². The topological polar surface area (TPSA) is 78.9 Å². The maximum atomic E-state index is 12.8. The van der Waals surface area contributed by atoms with Crippen LogP contribution >= 0.6 is 0 Å². The monoisotopic (exact) mass is 891 g/mol. The molecule has 6 nitrogen and oxygen atoms in total. The third-order valence-corrected chi connectivity index (χ3v) is 13.3. The molecule has 0 aromatic carbocycles. The predicted octanol–water partition coefficient (Wildman–Crippen LogP) is 18.5. The molecule has 0 radical (unpaired) electrons. The van der Waals surface area contributed by atoms with Gasteiger partial charge in [0, 0.05) is 19.3 Å². The second-order valence-electron chi connectivity index (χ2n) is 20.3. The summed E-state index contributed by atoms with van der Waals surface area (Å²) in [6.07, 6.45) is 52.3. The summed E-state index contributed by atoms with van der Waals surface area (Å²) in [5.74, 6) is 0.863. The van der Waals surface area contributed by atoms with Gasteiger partial charge >= 0.3 is 17.9 Å². The van der Waals surface area contributed by atoms with Gasteiger partial charge in [-0.2, -0.15) is 0 Å². The average Bonchev–Trinajstić information content (AvgIpc) is 3.27. The highest BCUT2D eigenvalue weighted by molar-refractivity contribution is 5.71. The van der Waals surface area contributed by atoms with Crippen molar-refractivity contribution in [1.82, 2.24) is 0 Å². The van der Waals surface area contributed by atoms with Crippen molar-refractivity contribution in [3.63, 3.8) is 0 Å². The summed E-state index contributed by atoms with van der Waals surface area (Å²) in [5.41, 5.74) is 0. The average molecular weight is 892 g/mol. The lowest BCUT2D eigenvalue weighted by molar-refractivity contribution is -0.167. The maximum Gasteiger partial charge on any atom is 0.306 e. The number of rotatable bonds is 51. The maximum absolute atomic E-state index is 12.8. The lowest BCUT2D eigenvalue weighted by Gasteiger charge is -2.18. The fraction of sp³-hybridized carbons (Fsp3) is 0.947. The van der Waals surface area contributed by atoms with Crippen molar-refractivity contribution in [2.45, 2.75) is 323 Å². The van der Waals surface area contributed by atoms with Gasteiger partial charge in [-0.3, -0.25) is 14.4 Å². The third kappa shape index (κ3) is 49.7. The van der Waals surface area contributed by atoms with E-state index in [-0.39, 0.29) is 31.1 Å². The van der Waals surface area contributed by atoms with E-state index in [0.29, 0.717) is 19.3 Å². The van der Waals surface area contributed by atoms with Crippen molar-refractivity contribution in [3.05, 3.63) is 0 Å². The normalized spacial score (nSPS) is 12.5. The Morgan fingerprint density at radius 3 is 0.905 bits per heavy atom. The van der Waals surface area contributed by atoms with E-state index in [1.807, 2.05) is 0 Å². The summed E-state index contributed by atoms with van der Waals surface area (Å²) in [6, 6.07) is 0. The molecule has 374 valence electrons. The lowest BCUT2D eigenvalue weighted by atomic mass is 9.99. The first-order chi connectivity index (χ1) is 30.8. The molecule has 0 amide bonds. The van der Waals surface area contributed by atoms with E-state index < -0.39 is 6.10 Å². The largest absolute Gasteiger partial charge is 0.462 e. The fourth-order valence-electron chi connectivity index (χ4n) is 8.66. The van der Waals surface area contributed by atoms with Crippen molar-refractivity contribution in [2.75, 3.05) is 13.2 Å². The minimum atomic E-state index is -0.762. The zero-order valence-corrected chi connectivity index (χ0v) is 43.2. The van der Waals surface area contributed by atoms with E-state index in [1.54, 1.807) is 0 Å². The van der Waals surface area contributed by atoms with Gasteiger partial charge in [0.05, 0.1) is 0 Å². The van der Waals surface area contributed by atoms with E-state index in [2.05, 4.69) is 34.6 Å².